The van der Waals surface area contributed by atoms with Gasteiger partial charge in [0.05, 0.1) is 5.69 Å². The van der Waals surface area contributed by atoms with E-state index in [-0.39, 0.29) is 0 Å². The predicted octanol–water partition coefficient (Wildman–Crippen LogP) is 1.85. The average Bonchev–Trinajstić information content (AvgIpc) is 2.82. The number of rotatable bonds is 5. The summed E-state index contributed by atoms with van der Waals surface area (Å²) >= 11 is 0. The number of nitrogens with zero attached hydrogens (tertiary/aromatic N) is 3. The van der Waals surface area contributed by atoms with E-state index in [4.69, 9.17) is 5.11 Å². The van der Waals surface area contributed by atoms with Crippen molar-refractivity contribution in [1.29, 1.82) is 0 Å². The van der Waals surface area contributed by atoms with Gasteiger partial charge >= 0.3 is 5.97 Å². The zero-order valence-corrected chi connectivity index (χ0v) is 10.9. The van der Waals surface area contributed by atoms with Gasteiger partial charge in [-0.1, -0.05) is 6.92 Å². The van der Waals surface area contributed by atoms with E-state index >= 15 is 0 Å². The van der Waals surface area contributed by atoms with Crippen LogP contribution < -0.4 is 5.32 Å². The fraction of sp³-hybridized carbons (Fsp3) is 0.308. The Labute approximate surface area is 111 Å². The van der Waals surface area contributed by atoms with Crippen LogP contribution in [0.5, 0.6) is 0 Å². The van der Waals surface area contributed by atoms with Crippen LogP contribution in [0.2, 0.25) is 0 Å². The van der Waals surface area contributed by atoms with Crippen LogP contribution in [0, 0.1) is 6.92 Å². The molecule has 19 heavy (non-hydrogen) atoms. The smallest absolute Gasteiger partial charge is 0.326 e. The molecule has 2 N–H and O–H groups in total. The Kier molecular flexibility index (Phi) is 3.79. The van der Waals surface area contributed by atoms with Crippen LogP contribution in [0.4, 0.5) is 5.69 Å². The van der Waals surface area contributed by atoms with Gasteiger partial charge in [0.25, 0.3) is 0 Å². The van der Waals surface area contributed by atoms with E-state index in [1.165, 1.54) is 0 Å². The first-order valence-corrected chi connectivity index (χ1v) is 6.08. The predicted molar refractivity (Wildman–Crippen MR) is 71.4 cm³/mol. The number of hydrogen-bond acceptors (Lipinski definition) is 4. The number of carboxylic acid groups (broad SMARTS) is 1. The van der Waals surface area contributed by atoms with Crippen molar-refractivity contribution in [3.8, 4) is 5.82 Å². The number of carbonyl (C=O) groups is 1. The largest absolute Gasteiger partial charge is 0.480 e. The molecule has 0 saturated carbocycles. The lowest BCUT2D eigenvalue weighted by Gasteiger charge is -2.17. The summed E-state index contributed by atoms with van der Waals surface area (Å²) in [6, 6.07) is 2.95. The van der Waals surface area contributed by atoms with E-state index < -0.39 is 12.0 Å². The number of carboxylic acids is 1. The molecule has 0 aromatic carbocycles. The molecule has 6 nitrogen and oxygen atoms in total. The Bertz CT molecular complexity index is 580. The van der Waals surface area contributed by atoms with Crippen LogP contribution in [0.3, 0.4) is 0 Å². The fourth-order valence-corrected chi connectivity index (χ4v) is 1.83. The van der Waals surface area contributed by atoms with Crippen LogP contribution in [-0.2, 0) is 4.79 Å². The molecule has 0 saturated heterocycles. The van der Waals surface area contributed by atoms with E-state index in [0.717, 1.165) is 5.82 Å². The second-order valence-corrected chi connectivity index (χ2v) is 4.16. The molecule has 0 radical (unpaired) electrons. The number of anilines is 1. The third kappa shape index (κ3) is 2.73. The van der Waals surface area contributed by atoms with Crippen LogP contribution in [0.1, 0.15) is 19.2 Å². The van der Waals surface area contributed by atoms with Gasteiger partial charge < -0.3 is 10.4 Å². The molecule has 0 spiro atoms. The zero-order chi connectivity index (χ0) is 13.8. The van der Waals surface area contributed by atoms with Gasteiger partial charge in [-0.2, -0.15) is 0 Å². The number of imidazole rings is 1. The highest BCUT2D eigenvalue weighted by molar-refractivity contribution is 5.78. The van der Waals surface area contributed by atoms with Gasteiger partial charge in [-0.15, -0.1) is 0 Å². The number of nitrogens with one attached hydrogen (secondary N) is 1. The molecule has 1 unspecified atom stereocenters. The molecule has 0 bridgehead atoms. The summed E-state index contributed by atoms with van der Waals surface area (Å²) in [5.74, 6) is 0.571. The maximum absolute atomic E-state index is 11.1. The molecular weight excluding hydrogens is 244 g/mol. The van der Waals surface area contributed by atoms with Gasteiger partial charge in [0.15, 0.2) is 5.82 Å². The first kappa shape index (κ1) is 13.1. The standard InChI is InChI=1S/C13H16N4O2/c1-3-10(13(18)19)16-11-5-4-6-15-12(11)17-8-7-14-9(17)2/h4-8,10,16H,3H2,1-2H3,(H,18,19). The van der Waals surface area contributed by atoms with E-state index in [9.17, 15) is 4.79 Å². The van der Waals surface area contributed by atoms with Crippen LogP contribution in [0.15, 0.2) is 30.7 Å². The Morgan fingerprint density at radius 1 is 1.47 bits per heavy atom. The summed E-state index contributed by atoms with van der Waals surface area (Å²) in [5.41, 5.74) is 0.679. The number of hydrogen-bond donors (Lipinski definition) is 2. The Morgan fingerprint density at radius 2 is 2.26 bits per heavy atom. The molecule has 2 heterocycles. The maximum atomic E-state index is 11.1. The lowest BCUT2D eigenvalue weighted by molar-refractivity contribution is -0.137. The second kappa shape index (κ2) is 5.51. The number of pyridine rings is 1. The summed E-state index contributed by atoms with van der Waals surface area (Å²) in [7, 11) is 0. The van der Waals surface area contributed by atoms with E-state index in [1.807, 2.05) is 24.5 Å². The van der Waals surface area contributed by atoms with Gasteiger partial charge in [0.2, 0.25) is 0 Å². The average molecular weight is 260 g/mol. The molecule has 0 aliphatic carbocycles. The van der Waals surface area contributed by atoms with E-state index in [2.05, 4.69) is 15.3 Å². The summed E-state index contributed by atoms with van der Waals surface area (Å²) in [6.45, 7) is 3.69. The molecule has 2 rings (SSSR count). The van der Waals surface area contributed by atoms with Crippen LogP contribution in [-0.4, -0.2) is 31.7 Å². The molecule has 2 aromatic heterocycles. The van der Waals surface area contributed by atoms with Crippen LogP contribution >= 0.6 is 0 Å². The van der Waals surface area contributed by atoms with Gasteiger partial charge in [-0.05, 0) is 25.5 Å². The Balaban J connectivity index is 2.37. The fourth-order valence-electron chi connectivity index (χ4n) is 1.83. The SMILES string of the molecule is CCC(Nc1cccnc1-n1ccnc1C)C(=O)O. The minimum atomic E-state index is -0.875. The molecule has 6 heteroatoms. The summed E-state index contributed by atoms with van der Waals surface area (Å²) in [6.07, 6.45) is 5.64. The zero-order valence-electron chi connectivity index (χ0n) is 10.9. The molecule has 100 valence electrons. The van der Waals surface area contributed by atoms with Crippen molar-refractivity contribution in [1.82, 2.24) is 14.5 Å². The summed E-state index contributed by atoms with van der Waals surface area (Å²) < 4.78 is 1.82. The van der Waals surface area contributed by atoms with Gasteiger partial charge in [-0.3, -0.25) is 4.57 Å². The molecule has 2 aromatic rings. The normalized spacial score (nSPS) is 12.1. The third-order valence-electron chi connectivity index (χ3n) is 2.88. The summed E-state index contributed by atoms with van der Waals surface area (Å²) in [4.78, 5) is 19.5. The first-order chi connectivity index (χ1) is 9.13. The Morgan fingerprint density at radius 3 is 2.84 bits per heavy atom. The molecule has 1 atom stereocenters. The monoisotopic (exact) mass is 260 g/mol. The molecule has 0 aliphatic rings. The topological polar surface area (TPSA) is 80.0 Å². The molecule has 0 fully saturated rings. The summed E-state index contributed by atoms with van der Waals surface area (Å²) in [5, 5.41) is 12.1. The van der Waals surface area contributed by atoms with Crippen LogP contribution in [0.25, 0.3) is 5.82 Å². The van der Waals surface area contributed by atoms with Crippen molar-refractivity contribution in [3.05, 3.63) is 36.5 Å². The highest BCUT2D eigenvalue weighted by atomic mass is 16.4. The van der Waals surface area contributed by atoms with Gasteiger partial charge in [0.1, 0.15) is 11.9 Å². The minimum Gasteiger partial charge on any atom is -0.480 e. The quantitative estimate of drug-likeness (QED) is 0.857. The first-order valence-electron chi connectivity index (χ1n) is 6.08. The lowest BCUT2D eigenvalue weighted by Crippen LogP contribution is -2.29. The van der Waals surface area contributed by atoms with Crippen molar-refractivity contribution in [2.24, 2.45) is 0 Å². The highest BCUT2D eigenvalue weighted by Gasteiger charge is 2.17. The van der Waals surface area contributed by atoms with Crippen molar-refractivity contribution in [3.63, 3.8) is 0 Å². The van der Waals surface area contributed by atoms with Crippen molar-refractivity contribution < 1.29 is 9.90 Å². The van der Waals surface area contributed by atoms with Gasteiger partial charge in [-0.25, -0.2) is 14.8 Å². The number of aliphatic carboxylic acids is 1. The Hall–Kier alpha value is -2.37. The van der Waals surface area contributed by atoms with Crippen molar-refractivity contribution in [2.45, 2.75) is 26.3 Å². The van der Waals surface area contributed by atoms with Crippen molar-refractivity contribution in [2.75, 3.05) is 5.32 Å². The maximum Gasteiger partial charge on any atom is 0.326 e. The van der Waals surface area contributed by atoms with Crippen molar-refractivity contribution >= 4 is 11.7 Å². The second-order valence-electron chi connectivity index (χ2n) is 4.16. The third-order valence-corrected chi connectivity index (χ3v) is 2.88. The molecule has 0 aliphatic heterocycles. The number of aryl methyl sites for hydroxylation is 1. The van der Waals surface area contributed by atoms with E-state index in [0.29, 0.717) is 17.9 Å². The van der Waals surface area contributed by atoms with Gasteiger partial charge in [0, 0.05) is 18.6 Å². The lowest BCUT2D eigenvalue weighted by atomic mass is 10.2. The minimum absolute atomic E-state index is 0.493. The number of aromatic nitrogens is 3. The molecule has 0 amide bonds. The molecular formula is C13H16N4O2. The van der Waals surface area contributed by atoms with E-state index in [1.54, 1.807) is 24.7 Å². The highest BCUT2D eigenvalue weighted by Crippen LogP contribution is 2.19.